The largest absolute Gasteiger partial charge is 0.493 e. The number of hydrazone groups is 1. The molecule has 0 atom stereocenters. The number of benzene rings is 3. The van der Waals surface area contributed by atoms with Gasteiger partial charge in [0.25, 0.3) is 5.69 Å². The number of nitrogens with two attached hydrogens (primary N) is 1. The van der Waals surface area contributed by atoms with Crippen molar-refractivity contribution in [2.45, 2.75) is 11.5 Å². The number of anilines is 1. The average Bonchev–Trinajstić information content (AvgIpc) is 2.78. The summed E-state index contributed by atoms with van der Waals surface area (Å²) in [6.07, 6.45) is 1.39. The number of hydrogen-bond acceptors (Lipinski definition) is 8. The van der Waals surface area contributed by atoms with Crippen LogP contribution in [0.4, 0.5) is 15.8 Å². The lowest BCUT2D eigenvalue weighted by Gasteiger charge is -2.11. The fraction of sp³-hybridized carbons (Fsp3) is 0.0952. The lowest BCUT2D eigenvalue weighted by molar-refractivity contribution is -0.384. The summed E-state index contributed by atoms with van der Waals surface area (Å²) in [7, 11) is -2.62. The summed E-state index contributed by atoms with van der Waals surface area (Å²) in [5.74, 6) is 0.546. The van der Waals surface area contributed by atoms with Crippen molar-refractivity contribution in [2.24, 2.45) is 10.2 Å². The van der Waals surface area contributed by atoms with Gasteiger partial charge in [0.2, 0.25) is 10.0 Å². The monoisotopic (exact) mass is 474 g/mol. The van der Waals surface area contributed by atoms with E-state index in [0.717, 1.165) is 17.7 Å². The SMILES string of the molecule is COc1cc(/C=N/Nc2ccc(S(N)(=O)=O)cc2[N+](=O)[O-])ccc1OCc1ccc(F)cc1. The number of hydrogen-bond donors (Lipinski definition) is 2. The van der Waals surface area contributed by atoms with E-state index in [4.69, 9.17) is 14.6 Å². The molecule has 0 bridgehead atoms. The third-order valence-corrected chi connectivity index (χ3v) is 5.30. The smallest absolute Gasteiger partial charge is 0.295 e. The molecule has 10 nitrogen and oxygen atoms in total. The van der Waals surface area contributed by atoms with Gasteiger partial charge in [-0.05, 0) is 53.6 Å². The van der Waals surface area contributed by atoms with Crippen molar-refractivity contribution in [1.29, 1.82) is 0 Å². The number of methoxy groups -OCH3 is 1. The molecule has 0 aromatic heterocycles. The molecule has 3 aromatic rings. The van der Waals surface area contributed by atoms with E-state index in [9.17, 15) is 22.9 Å². The standard InChI is InChI=1S/C21H19FN4O6S/c1-31-21-10-15(4-9-20(21)32-13-14-2-5-16(22)6-3-14)12-24-25-18-8-7-17(33(23,29)30)11-19(18)26(27)28/h2-12,25H,13H2,1H3,(H2,23,29,30)/b24-12+. The van der Waals surface area contributed by atoms with Crippen LogP contribution in [0.25, 0.3) is 0 Å². The quantitative estimate of drug-likeness (QED) is 0.274. The number of nitrogens with one attached hydrogen (secondary N) is 1. The van der Waals surface area contributed by atoms with Crippen LogP contribution in [0.5, 0.6) is 11.5 Å². The first-order valence-electron chi connectivity index (χ1n) is 9.33. The van der Waals surface area contributed by atoms with Crippen LogP contribution in [0, 0.1) is 15.9 Å². The molecule has 0 spiro atoms. The zero-order valence-electron chi connectivity index (χ0n) is 17.3. The molecule has 0 aliphatic rings. The third kappa shape index (κ3) is 6.24. The summed E-state index contributed by atoms with van der Waals surface area (Å²) in [6.45, 7) is 0.212. The number of nitro groups is 1. The molecule has 3 aromatic carbocycles. The fourth-order valence-corrected chi connectivity index (χ4v) is 3.27. The van der Waals surface area contributed by atoms with Crippen molar-refractivity contribution in [1.82, 2.24) is 0 Å². The lowest BCUT2D eigenvalue weighted by Crippen LogP contribution is -2.12. The minimum absolute atomic E-state index is 0.0186. The number of ether oxygens (including phenoxy) is 2. The highest BCUT2D eigenvalue weighted by molar-refractivity contribution is 7.89. The van der Waals surface area contributed by atoms with Gasteiger partial charge in [0.05, 0.1) is 23.1 Å². The van der Waals surface area contributed by atoms with Gasteiger partial charge in [0.1, 0.15) is 18.1 Å². The summed E-state index contributed by atoms with van der Waals surface area (Å²) in [5.41, 5.74) is 3.37. The minimum Gasteiger partial charge on any atom is -0.493 e. The lowest BCUT2D eigenvalue weighted by atomic mass is 10.2. The van der Waals surface area contributed by atoms with Crippen molar-refractivity contribution < 1.29 is 27.2 Å². The molecule has 33 heavy (non-hydrogen) atoms. The van der Waals surface area contributed by atoms with Crippen LogP contribution in [0.1, 0.15) is 11.1 Å². The third-order valence-electron chi connectivity index (χ3n) is 4.39. The number of primary sulfonamides is 1. The highest BCUT2D eigenvalue weighted by Gasteiger charge is 2.18. The highest BCUT2D eigenvalue weighted by Crippen LogP contribution is 2.29. The summed E-state index contributed by atoms with van der Waals surface area (Å²) in [5, 5.41) is 20.2. The van der Waals surface area contributed by atoms with Gasteiger partial charge in [-0.15, -0.1) is 0 Å². The Labute approximate surface area is 188 Å². The molecule has 172 valence electrons. The summed E-state index contributed by atoms with van der Waals surface area (Å²) in [6, 6.07) is 14.1. The second kappa shape index (κ2) is 10.1. The zero-order chi connectivity index (χ0) is 24.0. The maximum atomic E-state index is 13.0. The van der Waals surface area contributed by atoms with Crippen LogP contribution >= 0.6 is 0 Å². The van der Waals surface area contributed by atoms with E-state index in [2.05, 4.69) is 10.5 Å². The van der Waals surface area contributed by atoms with Crippen molar-refractivity contribution in [3.8, 4) is 11.5 Å². The van der Waals surface area contributed by atoms with Gasteiger partial charge in [0, 0.05) is 6.07 Å². The molecule has 0 aliphatic carbocycles. The van der Waals surface area contributed by atoms with Gasteiger partial charge in [-0.25, -0.2) is 17.9 Å². The Bertz CT molecular complexity index is 1300. The predicted octanol–water partition coefficient (Wildman–Crippen LogP) is 3.41. The van der Waals surface area contributed by atoms with Crippen molar-refractivity contribution >= 4 is 27.6 Å². The number of nitro benzene ring substituents is 1. The maximum absolute atomic E-state index is 13.0. The van der Waals surface area contributed by atoms with E-state index in [1.165, 1.54) is 31.5 Å². The van der Waals surface area contributed by atoms with Gasteiger partial charge in [-0.3, -0.25) is 15.5 Å². The van der Waals surface area contributed by atoms with Gasteiger partial charge < -0.3 is 9.47 Å². The van der Waals surface area contributed by atoms with E-state index in [-0.39, 0.29) is 23.0 Å². The number of sulfonamides is 1. The maximum Gasteiger partial charge on any atom is 0.295 e. The molecular weight excluding hydrogens is 455 g/mol. The van der Waals surface area contributed by atoms with Crippen LogP contribution in [0.3, 0.4) is 0 Å². The topological polar surface area (TPSA) is 146 Å². The zero-order valence-corrected chi connectivity index (χ0v) is 18.1. The van der Waals surface area contributed by atoms with E-state index in [1.54, 1.807) is 30.3 Å². The second-order valence-corrected chi connectivity index (χ2v) is 8.24. The molecule has 0 saturated carbocycles. The second-order valence-electron chi connectivity index (χ2n) is 6.68. The summed E-state index contributed by atoms with van der Waals surface area (Å²) in [4.78, 5) is 10.1. The Kier molecular flexibility index (Phi) is 7.20. The predicted molar refractivity (Wildman–Crippen MR) is 119 cm³/mol. The minimum atomic E-state index is -4.09. The fourth-order valence-electron chi connectivity index (χ4n) is 2.74. The number of rotatable bonds is 9. The van der Waals surface area contributed by atoms with Gasteiger partial charge in [-0.1, -0.05) is 12.1 Å². The van der Waals surface area contributed by atoms with Crippen LogP contribution in [-0.2, 0) is 16.6 Å². The Hall–Kier alpha value is -4.03. The molecule has 12 heteroatoms. The van der Waals surface area contributed by atoms with Gasteiger partial charge in [-0.2, -0.15) is 5.10 Å². The molecule has 0 heterocycles. The normalized spacial score (nSPS) is 11.4. The van der Waals surface area contributed by atoms with Crippen LogP contribution in [0.15, 0.2) is 70.7 Å². The van der Waals surface area contributed by atoms with Crippen LogP contribution in [0.2, 0.25) is 0 Å². The molecule has 3 N–H and O–H groups in total. The molecule has 0 amide bonds. The van der Waals surface area contributed by atoms with E-state index in [0.29, 0.717) is 17.1 Å². The van der Waals surface area contributed by atoms with E-state index >= 15 is 0 Å². The number of halogens is 1. The van der Waals surface area contributed by atoms with E-state index in [1.807, 2.05) is 0 Å². The molecule has 0 fully saturated rings. The van der Waals surface area contributed by atoms with Gasteiger partial charge in [0.15, 0.2) is 11.5 Å². The molecule has 3 rings (SSSR count). The molecule has 0 saturated heterocycles. The Balaban J connectivity index is 1.72. The summed E-state index contributed by atoms with van der Waals surface area (Å²) < 4.78 is 46.9. The summed E-state index contributed by atoms with van der Waals surface area (Å²) >= 11 is 0. The molecule has 0 aliphatic heterocycles. The molecule has 0 radical (unpaired) electrons. The first-order valence-corrected chi connectivity index (χ1v) is 10.9. The average molecular weight is 474 g/mol. The van der Waals surface area contributed by atoms with Crippen LogP contribution < -0.4 is 20.0 Å². The van der Waals surface area contributed by atoms with E-state index < -0.39 is 20.6 Å². The Morgan fingerprint density at radius 3 is 2.48 bits per heavy atom. The van der Waals surface area contributed by atoms with Crippen molar-refractivity contribution in [3.05, 3.63) is 87.7 Å². The Morgan fingerprint density at radius 1 is 1.12 bits per heavy atom. The first kappa shape index (κ1) is 23.6. The Morgan fingerprint density at radius 2 is 1.85 bits per heavy atom. The van der Waals surface area contributed by atoms with Gasteiger partial charge >= 0.3 is 0 Å². The van der Waals surface area contributed by atoms with Crippen LogP contribution in [-0.4, -0.2) is 26.7 Å². The molecular formula is C21H19FN4O6S. The number of nitrogens with zero attached hydrogens (tertiary/aromatic N) is 2. The highest BCUT2D eigenvalue weighted by atomic mass is 32.2. The molecule has 0 unspecified atom stereocenters. The van der Waals surface area contributed by atoms with Crippen molar-refractivity contribution in [3.63, 3.8) is 0 Å². The van der Waals surface area contributed by atoms with Crippen molar-refractivity contribution in [2.75, 3.05) is 12.5 Å². The first-order chi connectivity index (χ1) is 15.7.